The van der Waals surface area contributed by atoms with Gasteiger partial charge in [0.2, 0.25) is 0 Å². The number of hydrogen-bond acceptors (Lipinski definition) is 4. The van der Waals surface area contributed by atoms with E-state index in [0.717, 1.165) is 28.1 Å². The Labute approximate surface area is 158 Å². The molecule has 5 nitrogen and oxygen atoms in total. The van der Waals surface area contributed by atoms with E-state index in [1.165, 1.54) is 5.56 Å². The van der Waals surface area contributed by atoms with Gasteiger partial charge >= 0.3 is 0 Å². The third-order valence-electron chi connectivity index (χ3n) is 5.25. The normalized spacial score (nSPS) is 14.4. The molecule has 0 aromatic heterocycles. The zero-order valence-corrected chi connectivity index (χ0v) is 15.6. The SMILES string of the molecule is CN(C)c1ccc(N(C)C2c3ccccc3-c3ccc([N+](=O)[O-])cc32)cc1. The molecule has 0 bridgehead atoms. The summed E-state index contributed by atoms with van der Waals surface area (Å²) in [5, 5.41) is 11.3. The minimum absolute atomic E-state index is 0.0543. The molecule has 1 unspecified atom stereocenters. The lowest BCUT2D eigenvalue weighted by Crippen LogP contribution is -2.23. The Morgan fingerprint density at radius 1 is 0.815 bits per heavy atom. The molecule has 1 atom stereocenters. The highest BCUT2D eigenvalue weighted by atomic mass is 16.6. The molecule has 0 amide bonds. The van der Waals surface area contributed by atoms with Crippen LogP contribution in [0.1, 0.15) is 17.2 Å². The Bertz CT molecular complexity index is 1010. The molecule has 0 spiro atoms. The van der Waals surface area contributed by atoms with Crippen LogP contribution in [0.3, 0.4) is 0 Å². The van der Waals surface area contributed by atoms with Gasteiger partial charge in [-0.25, -0.2) is 0 Å². The minimum Gasteiger partial charge on any atom is -0.378 e. The molecule has 1 aliphatic carbocycles. The van der Waals surface area contributed by atoms with Crippen LogP contribution in [-0.4, -0.2) is 26.1 Å². The van der Waals surface area contributed by atoms with E-state index in [2.05, 4.69) is 46.2 Å². The number of hydrogen-bond donors (Lipinski definition) is 0. The third-order valence-corrected chi connectivity index (χ3v) is 5.25. The fourth-order valence-electron chi connectivity index (χ4n) is 3.84. The Morgan fingerprint density at radius 2 is 1.44 bits per heavy atom. The zero-order valence-electron chi connectivity index (χ0n) is 15.6. The predicted molar refractivity (Wildman–Crippen MR) is 110 cm³/mol. The molecule has 1 aliphatic rings. The molecule has 136 valence electrons. The number of anilines is 2. The van der Waals surface area contributed by atoms with E-state index in [-0.39, 0.29) is 16.7 Å². The fraction of sp³-hybridized carbons (Fsp3) is 0.182. The van der Waals surface area contributed by atoms with E-state index < -0.39 is 0 Å². The van der Waals surface area contributed by atoms with Crippen molar-refractivity contribution in [3.05, 3.63) is 88.0 Å². The number of fused-ring (bicyclic) bond motifs is 3. The minimum atomic E-state index is -0.327. The number of nitro benzene ring substituents is 1. The van der Waals surface area contributed by atoms with Crippen LogP contribution in [0.4, 0.5) is 17.1 Å². The second-order valence-corrected chi connectivity index (χ2v) is 7.04. The van der Waals surface area contributed by atoms with Gasteiger partial charge in [0.15, 0.2) is 0 Å². The largest absolute Gasteiger partial charge is 0.378 e. The van der Waals surface area contributed by atoms with Crippen molar-refractivity contribution in [3.8, 4) is 11.1 Å². The van der Waals surface area contributed by atoms with Gasteiger partial charge in [0, 0.05) is 44.7 Å². The van der Waals surface area contributed by atoms with E-state index in [9.17, 15) is 10.1 Å². The van der Waals surface area contributed by atoms with Crippen molar-refractivity contribution in [2.75, 3.05) is 30.9 Å². The highest BCUT2D eigenvalue weighted by molar-refractivity contribution is 5.81. The van der Waals surface area contributed by atoms with Crippen LogP contribution in [0.25, 0.3) is 11.1 Å². The number of nitro groups is 1. The van der Waals surface area contributed by atoms with Crippen molar-refractivity contribution in [1.82, 2.24) is 0 Å². The zero-order chi connectivity index (χ0) is 19.1. The Balaban J connectivity index is 1.82. The van der Waals surface area contributed by atoms with Crippen LogP contribution >= 0.6 is 0 Å². The number of benzene rings is 3. The van der Waals surface area contributed by atoms with Crippen LogP contribution in [-0.2, 0) is 0 Å². The first kappa shape index (κ1) is 17.1. The molecule has 4 rings (SSSR count). The first-order valence-corrected chi connectivity index (χ1v) is 8.85. The van der Waals surface area contributed by atoms with Gasteiger partial charge in [0.05, 0.1) is 11.0 Å². The molecular formula is C22H21N3O2. The summed E-state index contributed by atoms with van der Waals surface area (Å²) >= 11 is 0. The van der Waals surface area contributed by atoms with Crippen molar-refractivity contribution >= 4 is 17.1 Å². The van der Waals surface area contributed by atoms with E-state index in [0.29, 0.717) is 0 Å². The second kappa shape index (κ2) is 6.43. The van der Waals surface area contributed by atoms with Crippen molar-refractivity contribution in [1.29, 1.82) is 0 Å². The van der Waals surface area contributed by atoms with Crippen LogP contribution in [0.15, 0.2) is 66.7 Å². The Hall–Kier alpha value is -3.34. The summed E-state index contributed by atoms with van der Waals surface area (Å²) in [5.41, 5.74) is 6.69. The summed E-state index contributed by atoms with van der Waals surface area (Å²) in [6.07, 6.45) is 0. The maximum atomic E-state index is 11.3. The lowest BCUT2D eigenvalue weighted by atomic mass is 10.0. The van der Waals surface area contributed by atoms with Gasteiger partial charge < -0.3 is 9.80 Å². The molecule has 0 N–H and O–H groups in total. The first-order chi connectivity index (χ1) is 13.0. The Morgan fingerprint density at radius 3 is 2.11 bits per heavy atom. The van der Waals surface area contributed by atoms with Crippen LogP contribution in [0.5, 0.6) is 0 Å². The first-order valence-electron chi connectivity index (χ1n) is 8.85. The van der Waals surface area contributed by atoms with Crippen molar-refractivity contribution < 1.29 is 4.92 Å². The van der Waals surface area contributed by atoms with Gasteiger partial charge in [-0.3, -0.25) is 10.1 Å². The third kappa shape index (κ3) is 2.81. The van der Waals surface area contributed by atoms with Crippen LogP contribution in [0, 0.1) is 10.1 Å². The number of rotatable bonds is 4. The standard InChI is InChI=1S/C22H21N3O2/c1-23(2)15-8-10-16(11-9-15)24(3)22-20-7-5-4-6-18(20)19-13-12-17(25(26)27)14-21(19)22/h4-14,22H,1-3H3. The summed E-state index contributed by atoms with van der Waals surface area (Å²) in [7, 11) is 6.07. The van der Waals surface area contributed by atoms with Crippen molar-refractivity contribution in [2.45, 2.75) is 6.04 Å². The van der Waals surface area contributed by atoms with Gasteiger partial charge in [-0.1, -0.05) is 24.3 Å². The molecule has 3 aromatic carbocycles. The number of nitrogens with zero attached hydrogens (tertiary/aromatic N) is 3. The van der Waals surface area contributed by atoms with Gasteiger partial charge in [-0.2, -0.15) is 0 Å². The summed E-state index contributed by atoms with van der Waals surface area (Å²) in [6.45, 7) is 0. The molecule has 3 aromatic rings. The summed E-state index contributed by atoms with van der Waals surface area (Å²) in [5.74, 6) is 0. The van der Waals surface area contributed by atoms with E-state index in [4.69, 9.17) is 0 Å². The second-order valence-electron chi connectivity index (χ2n) is 7.04. The molecule has 0 radical (unpaired) electrons. The number of non-ortho nitro benzene ring substituents is 1. The average molecular weight is 359 g/mol. The quantitative estimate of drug-likeness (QED) is 0.493. The fourth-order valence-corrected chi connectivity index (χ4v) is 3.84. The smallest absolute Gasteiger partial charge is 0.269 e. The average Bonchev–Trinajstić information content (AvgIpc) is 3.01. The summed E-state index contributed by atoms with van der Waals surface area (Å²) < 4.78 is 0. The molecule has 5 heteroatoms. The lowest BCUT2D eigenvalue weighted by molar-refractivity contribution is -0.384. The molecule has 0 saturated heterocycles. The molecule has 0 saturated carbocycles. The van der Waals surface area contributed by atoms with Gasteiger partial charge in [0.1, 0.15) is 0 Å². The summed E-state index contributed by atoms with van der Waals surface area (Å²) in [4.78, 5) is 15.2. The van der Waals surface area contributed by atoms with Crippen LogP contribution in [0.2, 0.25) is 0 Å². The predicted octanol–water partition coefficient (Wildman–Crippen LogP) is 4.87. The maximum absolute atomic E-state index is 11.3. The summed E-state index contributed by atoms with van der Waals surface area (Å²) in [6, 6.07) is 21.7. The monoisotopic (exact) mass is 359 g/mol. The van der Waals surface area contributed by atoms with E-state index >= 15 is 0 Å². The van der Waals surface area contributed by atoms with Gasteiger partial charge in [-0.15, -0.1) is 0 Å². The van der Waals surface area contributed by atoms with Gasteiger partial charge in [0.25, 0.3) is 5.69 Å². The van der Waals surface area contributed by atoms with E-state index in [1.54, 1.807) is 12.1 Å². The van der Waals surface area contributed by atoms with Crippen molar-refractivity contribution in [3.63, 3.8) is 0 Å². The van der Waals surface area contributed by atoms with Crippen molar-refractivity contribution in [2.24, 2.45) is 0 Å². The Kier molecular flexibility index (Phi) is 4.07. The molecule has 0 aliphatic heterocycles. The topological polar surface area (TPSA) is 49.6 Å². The molecule has 0 fully saturated rings. The molecule has 27 heavy (non-hydrogen) atoms. The molecular weight excluding hydrogens is 338 g/mol. The molecule has 0 heterocycles. The van der Waals surface area contributed by atoms with Gasteiger partial charge in [-0.05, 0) is 52.6 Å². The highest BCUT2D eigenvalue weighted by Crippen LogP contribution is 2.48. The van der Waals surface area contributed by atoms with Crippen LogP contribution < -0.4 is 9.80 Å². The highest BCUT2D eigenvalue weighted by Gasteiger charge is 2.33. The lowest BCUT2D eigenvalue weighted by Gasteiger charge is -2.29. The van der Waals surface area contributed by atoms with E-state index in [1.807, 2.05) is 39.3 Å². The maximum Gasteiger partial charge on any atom is 0.269 e.